The summed E-state index contributed by atoms with van der Waals surface area (Å²) in [6, 6.07) is 14.5. The molecule has 0 spiro atoms. The Hall–Kier alpha value is -1.34. The van der Waals surface area contributed by atoms with Crippen LogP contribution in [-0.2, 0) is 0 Å². The van der Waals surface area contributed by atoms with Crippen molar-refractivity contribution in [3.05, 3.63) is 59.1 Å². The molecular weight excluding hydrogens is 440 g/mol. The fourth-order valence-electron chi connectivity index (χ4n) is 2.63. The fourth-order valence-corrected chi connectivity index (χ4v) is 4.21. The molecule has 0 bridgehead atoms. The maximum atomic E-state index is 5.87. The minimum atomic E-state index is 0.584. The van der Waals surface area contributed by atoms with E-state index in [9.17, 15) is 0 Å². The Morgan fingerprint density at radius 2 is 2.00 bits per heavy atom. The molecule has 0 fully saturated rings. The minimum Gasteiger partial charge on any atom is -0.489 e. The number of fused-ring (bicyclic) bond motifs is 1. The zero-order valence-corrected chi connectivity index (χ0v) is 18.7. The van der Waals surface area contributed by atoms with Crippen LogP contribution in [0.4, 0.5) is 0 Å². The molecule has 0 aliphatic carbocycles. The summed E-state index contributed by atoms with van der Waals surface area (Å²) in [5, 5.41) is 1.17. The van der Waals surface area contributed by atoms with Crippen LogP contribution in [0.3, 0.4) is 0 Å². The first-order valence-electron chi connectivity index (χ1n) is 8.78. The van der Waals surface area contributed by atoms with E-state index in [0.717, 1.165) is 45.0 Å². The Balaban J connectivity index is 1.58. The number of benzene rings is 2. The summed E-state index contributed by atoms with van der Waals surface area (Å²) < 4.78 is 12.7. The van der Waals surface area contributed by atoms with Gasteiger partial charge in [-0.05, 0) is 55.2 Å². The summed E-state index contributed by atoms with van der Waals surface area (Å²) >= 11 is 6.87. The molecule has 0 saturated carbocycles. The van der Waals surface area contributed by atoms with Gasteiger partial charge in [-0.3, -0.25) is 0 Å². The van der Waals surface area contributed by atoms with Crippen LogP contribution in [0.15, 0.2) is 59.1 Å². The second-order valence-corrected chi connectivity index (χ2v) is 8.94. The van der Waals surface area contributed by atoms with Crippen LogP contribution in [0.5, 0.6) is 5.75 Å². The molecule has 3 aromatic rings. The van der Waals surface area contributed by atoms with Crippen LogP contribution in [0.2, 0.25) is 0 Å². The van der Waals surface area contributed by atoms with Crippen LogP contribution in [0, 0.1) is 0 Å². The molecule has 3 rings (SSSR count). The highest BCUT2D eigenvalue weighted by Gasteiger charge is 2.09. The second kappa shape index (κ2) is 10.3. The third-order valence-corrected chi connectivity index (χ3v) is 6.10. The lowest BCUT2D eigenvalue weighted by Crippen LogP contribution is -2.21. The molecule has 0 saturated heterocycles. The molecule has 0 amide bonds. The zero-order valence-electron chi connectivity index (χ0n) is 15.5. The number of halogens is 1. The van der Waals surface area contributed by atoms with E-state index in [1.165, 1.54) is 16.9 Å². The molecule has 0 aliphatic rings. The van der Waals surface area contributed by atoms with E-state index >= 15 is 0 Å². The number of hydrogen-bond donors (Lipinski definition) is 0. The van der Waals surface area contributed by atoms with Crippen molar-refractivity contribution in [2.75, 3.05) is 38.8 Å². The van der Waals surface area contributed by atoms with Gasteiger partial charge < -0.3 is 9.64 Å². The molecule has 1 aromatic heterocycles. The Morgan fingerprint density at radius 3 is 2.78 bits per heavy atom. The number of aromatic nitrogens is 1. The quantitative estimate of drug-likeness (QED) is 0.366. The first-order valence-corrected chi connectivity index (χ1v) is 11.7. The molecule has 2 aromatic carbocycles. The van der Waals surface area contributed by atoms with E-state index in [4.69, 9.17) is 4.74 Å². The summed E-state index contributed by atoms with van der Waals surface area (Å²) in [5.41, 5.74) is 2.16. The Bertz CT molecular complexity index is 893. The van der Waals surface area contributed by atoms with Gasteiger partial charge in [-0.1, -0.05) is 40.2 Å². The Morgan fingerprint density at radius 1 is 1.19 bits per heavy atom. The smallest absolute Gasteiger partial charge is 0.121 e. The Labute approximate surface area is 177 Å². The number of ether oxygens (including phenoxy) is 1. The summed E-state index contributed by atoms with van der Waals surface area (Å²) in [6.45, 7) is 2.64. The summed E-state index contributed by atoms with van der Waals surface area (Å²) in [5.74, 6) is 2.05. The van der Waals surface area contributed by atoms with Gasteiger partial charge in [-0.25, -0.2) is 0 Å². The number of likely N-dealkylation sites (N-methyl/N-ethyl adjacent to an activating group) is 1. The van der Waals surface area contributed by atoms with Gasteiger partial charge in [-0.2, -0.15) is 16.1 Å². The standard InChI is InChI=1S/C21H23BrN2OS2/c1-24(12-14-26-2)11-3-4-13-25-18-9-10-19-20(15-18)27-23-21(19)16-5-7-17(22)8-6-16/h3-10,15H,11-14H2,1-2H3/b4-3+. The third-order valence-electron chi connectivity index (χ3n) is 4.17. The van der Waals surface area contributed by atoms with E-state index in [1.807, 2.05) is 30.0 Å². The highest BCUT2D eigenvalue weighted by molar-refractivity contribution is 9.10. The van der Waals surface area contributed by atoms with Crippen molar-refractivity contribution in [3.63, 3.8) is 0 Å². The summed E-state index contributed by atoms with van der Waals surface area (Å²) in [7, 11) is 2.14. The molecule has 0 radical (unpaired) electrons. The van der Waals surface area contributed by atoms with Crippen molar-refractivity contribution >= 4 is 49.3 Å². The van der Waals surface area contributed by atoms with Crippen LogP contribution < -0.4 is 4.74 Å². The molecule has 0 aliphatic heterocycles. The molecule has 0 atom stereocenters. The monoisotopic (exact) mass is 462 g/mol. The maximum Gasteiger partial charge on any atom is 0.121 e. The normalized spacial score (nSPS) is 11.7. The van der Waals surface area contributed by atoms with Crippen molar-refractivity contribution in [3.8, 4) is 17.0 Å². The molecule has 142 valence electrons. The molecule has 6 heteroatoms. The van der Waals surface area contributed by atoms with Gasteiger partial charge in [0.15, 0.2) is 0 Å². The lowest BCUT2D eigenvalue weighted by Gasteiger charge is -2.12. The van der Waals surface area contributed by atoms with Gasteiger partial charge in [0.25, 0.3) is 0 Å². The fraction of sp³-hybridized carbons (Fsp3) is 0.286. The second-order valence-electron chi connectivity index (χ2n) is 6.23. The van der Waals surface area contributed by atoms with E-state index < -0.39 is 0 Å². The summed E-state index contributed by atoms with van der Waals surface area (Å²) in [4.78, 5) is 2.31. The number of hydrogen-bond acceptors (Lipinski definition) is 5. The van der Waals surface area contributed by atoms with Crippen molar-refractivity contribution < 1.29 is 4.74 Å². The average Bonchev–Trinajstić information content (AvgIpc) is 3.10. The van der Waals surface area contributed by atoms with Crippen LogP contribution in [0.25, 0.3) is 21.3 Å². The lowest BCUT2D eigenvalue weighted by atomic mass is 10.1. The molecular formula is C21H23BrN2OS2. The largest absolute Gasteiger partial charge is 0.489 e. The first-order chi connectivity index (χ1) is 13.2. The minimum absolute atomic E-state index is 0.584. The molecule has 0 N–H and O–H groups in total. The predicted octanol–water partition coefficient (Wildman–Crippen LogP) is 5.96. The van der Waals surface area contributed by atoms with Gasteiger partial charge in [0.2, 0.25) is 0 Å². The zero-order chi connectivity index (χ0) is 19.1. The van der Waals surface area contributed by atoms with E-state index in [0.29, 0.717) is 6.61 Å². The third kappa shape index (κ3) is 5.82. The van der Waals surface area contributed by atoms with Gasteiger partial charge in [0.1, 0.15) is 12.4 Å². The van der Waals surface area contributed by atoms with Crippen molar-refractivity contribution in [1.82, 2.24) is 9.27 Å². The number of nitrogens with zero attached hydrogens (tertiary/aromatic N) is 2. The van der Waals surface area contributed by atoms with Crippen LogP contribution in [-0.4, -0.2) is 48.0 Å². The van der Waals surface area contributed by atoms with Crippen molar-refractivity contribution in [1.29, 1.82) is 0 Å². The molecule has 27 heavy (non-hydrogen) atoms. The van der Waals surface area contributed by atoms with Crippen molar-refractivity contribution in [2.24, 2.45) is 0 Å². The van der Waals surface area contributed by atoms with E-state index in [1.54, 1.807) is 0 Å². The topological polar surface area (TPSA) is 25.4 Å². The number of rotatable bonds is 9. The summed E-state index contributed by atoms with van der Waals surface area (Å²) in [6.07, 6.45) is 6.39. The van der Waals surface area contributed by atoms with Gasteiger partial charge in [0.05, 0.1) is 10.4 Å². The van der Waals surface area contributed by atoms with E-state index in [-0.39, 0.29) is 0 Å². The predicted molar refractivity (Wildman–Crippen MR) is 123 cm³/mol. The van der Waals surface area contributed by atoms with Gasteiger partial charge >= 0.3 is 0 Å². The van der Waals surface area contributed by atoms with Crippen LogP contribution >= 0.6 is 39.2 Å². The highest BCUT2D eigenvalue weighted by Crippen LogP contribution is 2.33. The number of thioether (sulfide) groups is 1. The average molecular weight is 463 g/mol. The molecule has 3 nitrogen and oxygen atoms in total. The van der Waals surface area contributed by atoms with Crippen molar-refractivity contribution in [2.45, 2.75) is 0 Å². The molecule has 0 unspecified atom stereocenters. The van der Waals surface area contributed by atoms with Gasteiger partial charge in [-0.15, -0.1) is 0 Å². The first kappa shape index (κ1) is 20.4. The molecule has 1 heterocycles. The highest BCUT2D eigenvalue weighted by atomic mass is 79.9. The SMILES string of the molecule is CSCCN(C)C/C=C/COc1ccc2c(-c3ccc(Br)cc3)nsc2c1. The lowest BCUT2D eigenvalue weighted by molar-refractivity contribution is 0.360. The maximum absolute atomic E-state index is 5.87. The van der Waals surface area contributed by atoms with Crippen LogP contribution in [0.1, 0.15) is 0 Å². The Kier molecular flexibility index (Phi) is 7.76. The van der Waals surface area contributed by atoms with Gasteiger partial charge in [0, 0.05) is 34.3 Å². The van der Waals surface area contributed by atoms with E-state index in [2.05, 4.69) is 74.9 Å².